The first-order valence-electron chi connectivity index (χ1n) is 8.18. The van der Waals surface area contributed by atoms with E-state index in [1.807, 2.05) is 6.07 Å². The molecular weight excluding hydrogens is 375 g/mol. The molecule has 1 N–H and O–H groups in total. The van der Waals surface area contributed by atoms with Crippen molar-refractivity contribution in [2.75, 3.05) is 20.2 Å². The van der Waals surface area contributed by atoms with Crippen LogP contribution in [0.15, 0.2) is 42.9 Å². The fraction of sp³-hybridized carbons (Fsp3) is 0.389. The molecule has 2 aromatic rings. The van der Waals surface area contributed by atoms with Crippen LogP contribution < -0.4 is 10.1 Å². The van der Waals surface area contributed by atoms with Crippen molar-refractivity contribution in [1.82, 2.24) is 20.2 Å². The number of nitrogens with zero attached hydrogens (tertiary/aromatic N) is 3. The minimum absolute atomic E-state index is 0. The van der Waals surface area contributed by atoms with Crippen molar-refractivity contribution in [2.24, 2.45) is 0 Å². The summed E-state index contributed by atoms with van der Waals surface area (Å²) in [7, 11) is 1.50. The third-order valence-corrected chi connectivity index (χ3v) is 4.34. The summed E-state index contributed by atoms with van der Waals surface area (Å²) in [4.78, 5) is 22.6. The van der Waals surface area contributed by atoms with Crippen LogP contribution in [0.2, 0.25) is 0 Å². The number of amides is 1. The van der Waals surface area contributed by atoms with Crippen molar-refractivity contribution in [3.63, 3.8) is 0 Å². The first-order valence-corrected chi connectivity index (χ1v) is 8.18. The van der Waals surface area contributed by atoms with Crippen LogP contribution >= 0.6 is 24.8 Å². The highest BCUT2D eigenvalue weighted by atomic mass is 35.5. The maximum Gasteiger partial charge on any atom is 0.258 e. The molecule has 142 valence electrons. The molecule has 3 rings (SSSR count). The van der Waals surface area contributed by atoms with Crippen molar-refractivity contribution in [3.8, 4) is 5.88 Å². The fourth-order valence-corrected chi connectivity index (χ4v) is 3.09. The van der Waals surface area contributed by atoms with Crippen molar-refractivity contribution >= 4 is 30.7 Å². The van der Waals surface area contributed by atoms with Gasteiger partial charge in [-0.05, 0) is 24.9 Å². The molecule has 1 fully saturated rings. The summed E-state index contributed by atoms with van der Waals surface area (Å²) in [6.07, 6.45) is 5.10. The van der Waals surface area contributed by atoms with Crippen LogP contribution in [0.3, 0.4) is 0 Å². The van der Waals surface area contributed by atoms with E-state index in [9.17, 15) is 4.79 Å². The SMILES string of the molecule is COc1ncncc1C(=O)NCC1CCCN1Cc1ccccc1.Cl.Cl. The molecule has 8 heteroatoms. The van der Waals surface area contributed by atoms with Gasteiger partial charge < -0.3 is 10.1 Å². The molecule has 0 saturated carbocycles. The van der Waals surface area contributed by atoms with Crippen LogP contribution in [0.5, 0.6) is 5.88 Å². The van der Waals surface area contributed by atoms with Gasteiger partial charge in [0.1, 0.15) is 11.9 Å². The zero-order valence-corrected chi connectivity index (χ0v) is 16.3. The lowest BCUT2D eigenvalue weighted by atomic mass is 10.1. The number of likely N-dealkylation sites (tertiary alicyclic amines) is 1. The van der Waals surface area contributed by atoms with Gasteiger partial charge in [0.2, 0.25) is 5.88 Å². The van der Waals surface area contributed by atoms with Gasteiger partial charge in [0.25, 0.3) is 5.91 Å². The number of hydrogen-bond donors (Lipinski definition) is 1. The summed E-state index contributed by atoms with van der Waals surface area (Å²) >= 11 is 0. The quantitative estimate of drug-likeness (QED) is 0.809. The van der Waals surface area contributed by atoms with Crippen molar-refractivity contribution in [1.29, 1.82) is 0 Å². The number of benzene rings is 1. The summed E-state index contributed by atoms with van der Waals surface area (Å²) in [6.45, 7) is 2.59. The highest BCUT2D eigenvalue weighted by Crippen LogP contribution is 2.20. The van der Waals surface area contributed by atoms with E-state index >= 15 is 0 Å². The topological polar surface area (TPSA) is 67.3 Å². The molecule has 1 aliphatic rings. The molecule has 1 amide bonds. The zero-order chi connectivity index (χ0) is 16.8. The Morgan fingerprint density at radius 3 is 2.81 bits per heavy atom. The highest BCUT2D eigenvalue weighted by molar-refractivity contribution is 5.96. The van der Waals surface area contributed by atoms with E-state index in [-0.39, 0.29) is 30.7 Å². The smallest absolute Gasteiger partial charge is 0.258 e. The van der Waals surface area contributed by atoms with E-state index in [1.54, 1.807) is 0 Å². The molecule has 1 unspecified atom stereocenters. The second-order valence-electron chi connectivity index (χ2n) is 5.91. The molecule has 0 spiro atoms. The Labute approximate surface area is 166 Å². The van der Waals surface area contributed by atoms with Gasteiger partial charge in [0, 0.05) is 25.3 Å². The average molecular weight is 399 g/mol. The lowest BCUT2D eigenvalue weighted by Crippen LogP contribution is -2.40. The number of halogens is 2. The highest BCUT2D eigenvalue weighted by Gasteiger charge is 2.25. The number of carbonyl (C=O) groups excluding carboxylic acids is 1. The lowest BCUT2D eigenvalue weighted by Gasteiger charge is -2.24. The molecule has 1 aromatic carbocycles. The number of rotatable bonds is 6. The van der Waals surface area contributed by atoms with Crippen LogP contribution in [0.25, 0.3) is 0 Å². The van der Waals surface area contributed by atoms with Crippen molar-refractivity contribution in [3.05, 3.63) is 54.0 Å². The third kappa shape index (κ3) is 5.56. The minimum atomic E-state index is -0.195. The van der Waals surface area contributed by atoms with Gasteiger partial charge in [-0.15, -0.1) is 24.8 Å². The van der Waals surface area contributed by atoms with Crippen LogP contribution in [0, 0.1) is 0 Å². The minimum Gasteiger partial charge on any atom is -0.480 e. The van der Waals surface area contributed by atoms with E-state index in [0.29, 0.717) is 24.0 Å². The molecule has 0 aliphatic carbocycles. The average Bonchev–Trinajstić information content (AvgIpc) is 3.07. The standard InChI is InChI=1S/C18H22N4O2.2ClH/c1-24-18-16(11-19-13-21-18)17(23)20-10-15-8-5-9-22(15)12-14-6-3-2-4-7-14;;/h2-4,6-7,11,13,15H,5,8-10,12H2,1H3,(H,20,23);2*1H. The number of aromatic nitrogens is 2. The Bertz CT molecular complexity index is 688. The molecule has 1 atom stereocenters. The number of nitrogens with one attached hydrogen (secondary N) is 1. The first kappa shape index (κ1) is 22.2. The summed E-state index contributed by atoms with van der Waals surface area (Å²) in [5, 5.41) is 2.99. The van der Waals surface area contributed by atoms with Gasteiger partial charge in [-0.2, -0.15) is 0 Å². The van der Waals surface area contributed by atoms with Crippen LogP contribution in [-0.2, 0) is 6.54 Å². The van der Waals surface area contributed by atoms with E-state index in [1.165, 1.54) is 25.2 Å². The molecule has 2 heterocycles. The molecule has 1 aromatic heterocycles. The Kier molecular flexibility index (Phi) is 9.34. The van der Waals surface area contributed by atoms with E-state index in [0.717, 1.165) is 25.9 Å². The van der Waals surface area contributed by atoms with Gasteiger partial charge in [-0.3, -0.25) is 9.69 Å². The largest absolute Gasteiger partial charge is 0.480 e. The maximum absolute atomic E-state index is 12.4. The summed E-state index contributed by atoms with van der Waals surface area (Å²) < 4.78 is 5.12. The lowest BCUT2D eigenvalue weighted by molar-refractivity contribution is 0.0935. The normalized spacial score (nSPS) is 16.3. The van der Waals surface area contributed by atoms with E-state index < -0.39 is 0 Å². The van der Waals surface area contributed by atoms with Crippen molar-refractivity contribution < 1.29 is 9.53 Å². The van der Waals surface area contributed by atoms with Gasteiger partial charge in [-0.1, -0.05) is 30.3 Å². The molecule has 1 saturated heterocycles. The van der Waals surface area contributed by atoms with Gasteiger partial charge >= 0.3 is 0 Å². The number of carbonyl (C=O) groups is 1. The predicted molar refractivity (Wildman–Crippen MR) is 105 cm³/mol. The maximum atomic E-state index is 12.4. The summed E-state index contributed by atoms with van der Waals surface area (Å²) in [6, 6.07) is 10.8. The number of hydrogen-bond acceptors (Lipinski definition) is 5. The molecule has 26 heavy (non-hydrogen) atoms. The zero-order valence-electron chi connectivity index (χ0n) is 14.6. The Morgan fingerprint density at radius 1 is 1.31 bits per heavy atom. The van der Waals surface area contributed by atoms with E-state index in [4.69, 9.17) is 4.74 Å². The molecular formula is C18H24Cl2N4O2. The van der Waals surface area contributed by atoms with Crippen LogP contribution in [0.4, 0.5) is 0 Å². The van der Waals surface area contributed by atoms with Crippen LogP contribution in [-0.4, -0.2) is 47.0 Å². The first-order chi connectivity index (χ1) is 11.8. The van der Waals surface area contributed by atoms with Gasteiger partial charge in [-0.25, -0.2) is 9.97 Å². The van der Waals surface area contributed by atoms with Crippen molar-refractivity contribution in [2.45, 2.75) is 25.4 Å². The monoisotopic (exact) mass is 398 g/mol. The molecule has 1 aliphatic heterocycles. The Hall–Kier alpha value is -1.89. The van der Waals surface area contributed by atoms with Crippen LogP contribution in [0.1, 0.15) is 28.8 Å². The second-order valence-corrected chi connectivity index (χ2v) is 5.91. The third-order valence-electron chi connectivity index (χ3n) is 4.34. The molecule has 0 bridgehead atoms. The second kappa shape index (κ2) is 11.0. The van der Waals surface area contributed by atoms with Gasteiger partial charge in [0.15, 0.2) is 0 Å². The van der Waals surface area contributed by atoms with E-state index in [2.05, 4.69) is 44.5 Å². The Morgan fingerprint density at radius 2 is 2.08 bits per heavy atom. The fourth-order valence-electron chi connectivity index (χ4n) is 3.09. The predicted octanol–water partition coefficient (Wildman–Crippen LogP) is 2.72. The number of methoxy groups -OCH3 is 1. The van der Waals surface area contributed by atoms with Gasteiger partial charge in [0.05, 0.1) is 7.11 Å². The Balaban J connectivity index is 0.00000169. The summed E-state index contributed by atoms with van der Waals surface area (Å²) in [5.74, 6) is 0.106. The number of ether oxygens (including phenoxy) is 1. The summed E-state index contributed by atoms with van der Waals surface area (Å²) in [5.41, 5.74) is 1.67. The molecule has 6 nitrogen and oxygen atoms in total. The molecule has 0 radical (unpaired) electrons.